The third-order valence-corrected chi connectivity index (χ3v) is 3.88. The van der Waals surface area contributed by atoms with E-state index in [0.717, 1.165) is 18.8 Å². The molecule has 0 heterocycles. The minimum atomic E-state index is 0.182. The van der Waals surface area contributed by atoms with Gasteiger partial charge >= 0.3 is 0 Å². The Bertz CT molecular complexity index is 204. The van der Waals surface area contributed by atoms with Gasteiger partial charge in [0.25, 0.3) is 0 Å². The zero-order chi connectivity index (χ0) is 12.3. The van der Waals surface area contributed by atoms with Crippen LogP contribution in [0.15, 0.2) is 0 Å². The molecule has 100 valence electrons. The van der Waals surface area contributed by atoms with E-state index < -0.39 is 0 Å². The second-order valence-corrected chi connectivity index (χ2v) is 5.72. The third-order valence-electron chi connectivity index (χ3n) is 3.27. The van der Waals surface area contributed by atoms with Gasteiger partial charge in [0.05, 0.1) is 0 Å². The molecule has 0 aromatic rings. The lowest BCUT2D eigenvalue weighted by molar-refractivity contribution is -0.120. The molecule has 4 heteroatoms. The first-order valence-corrected chi connectivity index (χ1v) is 8.21. The number of carbonyl (C=O) groups excluding carboxylic acids is 1. The lowest BCUT2D eigenvalue weighted by atomic mass is 10.1. The van der Waals surface area contributed by atoms with Gasteiger partial charge in [-0.05, 0) is 19.1 Å². The van der Waals surface area contributed by atoms with Gasteiger partial charge in [-0.15, -0.1) is 0 Å². The van der Waals surface area contributed by atoms with Crippen LogP contribution in [0, 0.1) is 0 Å². The maximum absolute atomic E-state index is 11.4. The molecule has 1 aliphatic carbocycles. The maximum Gasteiger partial charge on any atom is 0.220 e. The lowest BCUT2D eigenvalue weighted by Gasteiger charge is -2.16. The summed E-state index contributed by atoms with van der Waals surface area (Å²) in [6.07, 6.45) is 10.8. The van der Waals surface area contributed by atoms with Crippen LogP contribution in [-0.4, -0.2) is 37.0 Å². The molecule has 1 aliphatic rings. The fourth-order valence-electron chi connectivity index (χ4n) is 2.24. The van der Waals surface area contributed by atoms with Crippen LogP contribution in [-0.2, 0) is 4.79 Å². The van der Waals surface area contributed by atoms with Crippen molar-refractivity contribution in [2.24, 2.45) is 0 Å². The average Bonchev–Trinajstić information content (AvgIpc) is 2.60. The van der Waals surface area contributed by atoms with Crippen LogP contribution in [0.2, 0.25) is 0 Å². The molecule has 1 rings (SSSR count). The van der Waals surface area contributed by atoms with Crippen LogP contribution in [0.3, 0.4) is 0 Å². The summed E-state index contributed by atoms with van der Waals surface area (Å²) in [6.45, 7) is 1.68. The minimum Gasteiger partial charge on any atom is -0.355 e. The number of thioether (sulfide) groups is 1. The summed E-state index contributed by atoms with van der Waals surface area (Å²) in [5.74, 6) is 1.10. The SMILES string of the molecule is CSCCC(=O)NCCNC1CCCCCC1. The van der Waals surface area contributed by atoms with Gasteiger partial charge in [-0.1, -0.05) is 25.7 Å². The van der Waals surface area contributed by atoms with E-state index in [1.165, 1.54) is 38.5 Å². The van der Waals surface area contributed by atoms with Crippen molar-refractivity contribution < 1.29 is 4.79 Å². The number of hydrogen-bond acceptors (Lipinski definition) is 3. The topological polar surface area (TPSA) is 41.1 Å². The lowest BCUT2D eigenvalue weighted by Crippen LogP contribution is -2.36. The Morgan fingerprint density at radius 1 is 1.18 bits per heavy atom. The summed E-state index contributed by atoms with van der Waals surface area (Å²) >= 11 is 1.72. The molecular formula is C13H26N2OS. The summed E-state index contributed by atoms with van der Waals surface area (Å²) < 4.78 is 0. The van der Waals surface area contributed by atoms with Crippen LogP contribution in [0.5, 0.6) is 0 Å². The molecular weight excluding hydrogens is 232 g/mol. The largest absolute Gasteiger partial charge is 0.355 e. The van der Waals surface area contributed by atoms with Crippen molar-refractivity contribution in [2.75, 3.05) is 25.1 Å². The molecule has 1 fully saturated rings. The van der Waals surface area contributed by atoms with Gasteiger partial charge in [0.1, 0.15) is 0 Å². The molecule has 0 unspecified atom stereocenters. The number of nitrogens with one attached hydrogen (secondary N) is 2. The summed E-state index contributed by atoms with van der Waals surface area (Å²) in [4.78, 5) is 11.4. The molecule has 0 radical (unpaired) electrons. The van der Waals surface area contributed by atoms with Crippen molar-refractivity contribution in [3.63, 3.8) is 0 Å². The van der Waals surface area contributed by atoms with Crippen molar-refractivity contribution in [1.29, 1.82) is 0 Å². The highest BCUT2D eigenvalue weighted by molar-refractivity contribution is 7.98. The first-order valence-electron chi connectivity index (χ1n) is 6.82. The van der Waals surface area contributed by atoms with E-state index in [-0.39, 0.29) is 5.91 Å². The minimum absolute atomic E-state index is 0.182. The summed E-state index contributed by atoms with van der Waals surface area (Å²) in [5.41, 5.74) is 0. The number of rotatable bonds is 7. The predicted octanol–water partition coefficient (Wildman–Crippen LogP) is 2.17. The van der Waals surface area contributed by atoms with Crippen molar-refractivity contribution in [1.82, 2.24) is 10.6 Å². The van der Waals surface area contributed by atoms with E-state index >= 15 is 0 Å². The van der Waals surface area contributed by atoms with E-state index in [4.69, 9.17) is 0 Å². The van der Waals surface area contributed by atoms with Crippen LogP contribution >= 0.6 is 11.8 Å². The summed E-state index contributed by atoms with van der Waals surface area (Å²) in [6, 6.07) is 0.681. The second kappa shape index (κ2) is 9.77. The van der Waals surface area contributed by atoms with Gasteiger partial charge in [0.15, 0.2) is 0 Å². The molecule has 0 spiro atoms. The third kappa shape index (κ3) is 7.66. The molecule has 17 heavy (non-hydrogen) atoms. The Balaban J connectivity index is 1.97. The molecule has 0 aromatic heterocycles. The standard InChI is InChI=1S/C13H26N2OS/c1-17-11-8-13(16)15-10-9-14-12-6-4-2-3-5-7-12/h12,14H,2-11H2,1H3,(H,15,16). The Labute approximate surface area is 109 Å². The molecule has 0 atom stereocenters. The van der Waals surface area contributed by atoms with E-state index in [1.54, 1.807) is 11.8 Å². The monoisotopic (exact) mass is 258 g/mol. The second-order valence-electron chi connectivity index (χ2n) is 4.74. The molecule has 1 saturated carbocycles. The van der Waals surface area contributed by atoms with Gasteiger partial charge < -0.3 is 10.6 Å². The van der Waals surface area contributed by atoms with E-state index in [2.05, 4.69) is 10.6 Å². The first-order chi connectivity index (χ1) is 8.33. The number of carbonyl (C=O) groups is 1. The first kappa shape index (κ1) is 14.8. The fraction of sp³-hybridized carbons (Fsp3) is 0.923. The molecule has 2 N–H and O–H groups in total. The highest BCUT2D eigenvalue weighted by atomic mass is 32.2. The molecule has 0 bridgehead atoms. The normalized spacial score (nSPS) is 17.7. The molecule has 0 aliphatic heterocycles. The zero-order valence-electron chi connectivity index (χ0n) is 11.0. The van der Waals surface area contributed by atoms with Crippen molar-refractivity contribution in [3.05, 3.63) is 0 Å². The van der Waals surface area contributed by atoms with Crippen molar-refractivity contribution in [2.45, 2.75) is 51.0 Å². The Kier molecular flexibility index (Phi) is 8.53. The number of hydrogen-bond donors (Lipinski definition) is 2. The van der Waals surface area contributed by atoms with Crippen LogP contribution < -0.4 is 10.6 Å². The maximum atomic E-state index is 11.4. The summed E-state index contributed by atoms with van der Waals surface area (Å²) in [7, 11) is 0. The predicted molar refractivity (Wildman–Crippen MR) is 75.5 cm³/mol. The van der Waals surface area contributed by atoms with Gasteiger partial charge in [0, 0.05) is 31.3 Å². The molecule has 0 saturated heterocycles. The fourth-order valence-corrected chi connectivity index (χ4v) is 2.63. The molecule has 1 amide bonds. The van der Waals surface area contributed by atoms with Gasteiger partial charge in [-0.25, -0.2) is 0 Å². The van der Waals surface area contributed by atoms with Gasteiger partial charge in [-0.3, -0.25) is 4.79 Å². The van der Waals surface area contributed by atoms with Crippen LogP contribution in [0.25, 0.3) is 0 Å². The highest BCUT2D eigenvalue weighted by Crippen LogP contribution is 2.16. The van der Waals surface area contributed by atoms with Gasteiger partial charge in [-0.2, -0.15) is 11.8 Å². The quantitative estimate of drug-likeness (QED) is 0.543. The van der Waals surface area contributed by atoms with E-state index in [1.807, 2.05) is 6.26 Å². The summed E-state index contributed by atoms with van der Waals surface area (Å²) in [5, 5.41) is 6.51. The van der Waals surface area contributed by atoms with Crippen LogP contribution in [0.4, 0.5) is 0 Å². The Morgan fingerprint density at radius 3 is 2.53 bits per heavy atom. The Morgan fingerprint density at radius 2 is 1.88 bits per heavy atom. The van der Waals surface area contributed by atoms with Crippen molar-refractivity contribution in [3.8, 4) is 0 Å². The van der Waals surface area contributed by atoms with Crippen molar-refractivity contribution >= 4 is 17.7 Å². The highest BCUT2D eigenvalue weighted by Gasteiger charge is 2.10. The smallest absolute Gasteiger partial charge is 0.220 e. The number of amides is 1. The van der Waals surface area contributed by atoms with E-state index in [9.17, 15) is 4.79 Å². The van der Waals surface area contributed by atoms with Crippen LogP contribution in [0.1, 0.15) is 44.9 Å². The molecule has 0 aromatic carbocycles. The molecule has 3 nitrogen and oxygen atoms in total. The Hall–Kier alpha value is -0.220. The van der Waals surface area contributed by atoms with E-state index in [0.29, 0.717) is 12.5 Å². The zero-order valence-corrected chi connectivity index (χ0v) is 11.8. The average molecular weight is 258 g/mol. The van der Waals surface area contributed by atoms with Gasteiger partial charge in [0.2, 0.25) is 5.91 Å².